The zero-order valence-corrected chi connectivity index (χ0v) is 6.54. The first-order valence-electron chi connectivity index (χ1n) is 3.68. The molecule has 1 rings (SSSR count). The van der Waals surface area contributed by atoms with Crippen molar-refractivity contribution in [2.24, 2.45) is 7.05 Å². The molecule has 0 aliphatic carbocycles. The maximum absolute atomic E-state index is 3.97. The van der Waals surface area contributed by atoms with Crippen molar-refractivity contribution in [2.75, 3.05) is 0 Å². The van der Waals surface area contributed by atoms with Crippen LogP contribution in [0.15, 0.2) is 6.20 Å². The van der Waals surface area contributed by atoms with E-state index < -0.39 is 0 Å². The van der Waals surface area contributed by atoms with Crippen LogP contribution in [0.1, 0.15) is 25.5 Å². The summed E-state index contributed by atoms with van der Waals surface area (Å²) in [5.74, 6) is 0. The molecule has 0 aliphatic heterocycles. The normalized spacial score (nSPS) is 10.2. The van der Waals surface area contributed by atoms with Gasteiger partial charge in [0.25, 0.3) is 0 Å². The number of rotatable bonds is 3. The Bertz CT molecular complexity index is 192. The lowest BCUT2D eigenvalue weighted by atomic mass is 10.2. The van der Waals surface area contributed by atoms with Crippen molar-refractivity contribution in [1.82, 2.24) is 15.0 Å². The summed E-state index contributed by atoms with van der Waals surface area (Å²) < 4.78 is 1.74. The second-order valence-corrected chi connectivity index (χ2v) is 2.49. The van der Waals surface area contributed by atoms with E-state index in [1.165, 1.54) is 12.8 Å². The molecule has 0 aliphatic rings. The summed E-state index contributed by atoms with van der Waals surface area (Å²) in [4.78, 5) is 0. The number of aromatic nitrogens is 3. The van der Waals surface area contributed by atoms with E-state index in [-0.39, 0.29) is 0 Å². The van der Waals surface area contributed by atoms with Gasteiger partial charge in [0.05, 0.1) is 5.69 Å². The van der Waals surface area contributed by atoms with Gasteiger partial charge in [-0.25, -0.2) is 0 Å². The molecule has 0 amide bonds. The fourth-order valence-electron chi connectivity index (χ4n) is 0.868. The summed E-state index contributed by atoms with van der Waals surface area (Å²) in [6.45, 7) is 2.18. The number of aryl methyl sites for hydroxylation is 2. The molecule has 0 atom stereocenters. The highest BCUT2D eigenvalue weighted by molar-refractivity contribution is 4.91. The van der Waals surface area contributed by atoms with E-state index in [0.717, 1.165) is 12.1 Å². The summed E-state index contributed by atoms with van der Waals surface area (Å²) in [7, 11) is 1.89. The summed E-state index contributed by atoms with van der Waals surface area (Å²) in [5, 5.41) is 7.80. The van der Waals surface area contributed by atoms with Crippen molar-refractivity contribution in [1.29, 1.82) is 0 Å². The third-order valence-corrected chi connectivity index (χ3v) is 1.44. The van der Waals surface area contributed by atoms with Gasteiger partial charge >= 0.3 is 0 Å². The molecule has 0 bridgehead atoms. The molecule has 0 N–H and O–H groups in total. The first-order chi connectivity index (χ1) is 4.83. The Hall–Kier alpha value is -0.860. The van der Waals surface area contributed by atoms with Crippen LogP contribution in [0.5, 0.6) is 0 Å². The molecule has 1 heterocycles. The first-order valence-corrected chi connectivity index (χ1v) is 3.68. The monoisotopic (exact) mass is 139 g/mol. The molecule has 10 heavy (non-hydrogen) atoms. The second kappa shape index (κ2) is 3.34. The summed E-state index contributed by atoms with van der Waals surface area (Å²) >= 11 is 0. The highest BCUT2D eigenvalue weighted by Gasteiger charge is 1.94. The quantitative estimate of drug-likeness (QED) is 0.629. The van der Waals surface area contributed by atoms with Crippen LogP contribution in [0, 0.1) is 0 Å². The van der Waals surface area contributed by atoms with Crippen molar-refractivity contribution < 1.29 is 0 Å². The van der Waals surface area contributed by atoms with Gasteiger partial charge in [-0.15, -0.1) is 5.10 Å². The highest BCUT2D eigenvalue weighted by atomic mass is 15.4. The minimum absolute atomic E-state index is 1.06. The molecule has 0 radical (unpaired) electrons. The maximum atomic E-state index is 3.97. The molecule has 3 heteroatoms. The van der Waals surface area contributed by atoms with Crippen LogP contribution in [0.2, 0.25) is 0 Å². The maximum Gasteiger partial charge on any atom is 0.0827 e. The summed E-state index contributed by atoms with van der Waals surface area (Å²) in [6.07, 6.45) is 5.45. The standard InChI is InChI=1S/C7H13N3/c1-3-4-5-7-6-10(2)9-8-7/h6H,3-5H2,1-2H3. The highest BCUT2D eigenvalue weighted by Crippen LogP contribution is 1.98. The van der Waals surface area contributed by atoms with Gasteiger partial charge in [0.1, 0.15) is 0 Å². The molecule has 0 spiro atoms. The topological polar surface area (TPSA) is 30.7 Å². The number of hydrogen-bond acceptors (Lipinski definition) is 2. The van der Waals surface area contributed by atoms with Gasteiger partial charge in [-0.3, -0.25) is 4.68 Å². The van der Waals surface area contributed by atoms with Gasteiger partial charge in [0, 0.05) is 13.2 Å². The Morgan fingerprint density at radius 1 is 1.60 bits per heavy atom. The predicted octanol–water partition coefficient (Wildman–Crippen LogP) is 1.16. The smallest absolute Gasteiger partial charge is 0.0827 e. The SMILES string of the molecule is CCCCc1cn(C)nn1. The van der Waals surface area contributed by atoms with Crippen molar-refractivity contribution in [3.63, 3.8) is 0 Å². The van der Waals surface area contributed by atoms with E-state index in [4.69, 9.17) is 0 Å². The molecule has 0 saturated carbocycles. The van der Waals surface area contributed by atoms with E-state index in [9.17, 15) is 0 Å². The minimum atomic E-state index is 1.06. The second-order valence-electron chi connectivity index (χ2n) is 2.49. The molecule has 56 valence electrons. The van der Waals surface area contributed by atoms with Gasteiger partial charge in [-0.05, 0) is 12.8 Å². The zero-order chi connectivity index (χ0) is 7.40. The molecule has 0 unspecified atom stereocenters. The predicted molar refractivity (Wildman–Crippen MR) is 39.6 cm³/mol. The molecule has 1 aromatic rings. The van der Waals surface area contributed by atoms with Crippen molar-refractivity contribution >= 4 is 0 Å². The molecule has 1 aromatic heterocycles. The third-order valence-electron chi connectivity index (χ3n) is 1.44. The fourth-order valence-corrected chi connectivity index (χ4v) is 0.868. The Kier molecular flexibility index (Phi) is 2.42. The van der Waals surface area contributed by atoms with Crippen molar-refractivity contribution in [3.05, 3.63) is 11.9 Å². The fraction of sp³-hybridized carbons (Fsp3) is 0.714. The lowest BCUT2D eigenvalue weighted by Gasteiger charge is -1.88. The van der Waals surface area contributed by atoms with E-state index in [1.54, 1.807) is 4.68 Å². The van der Waals surface area contributed by atoms with Crippen LogP contribution < -0.4 is 0 Å². The van der Waals surface area contributed by atoms with Gasteiger partial charge in [-0.1, -0.05) is 18.6 Å². The Labute approximate surface area is 61.1 Å². The average Bonchev–Trinajstić information content (AvgIpc) is 2.31. The van der Waals surface area contributed by atoms with E-state index in [1.807, 2.05) is 13.2 Å². The Balaban J connectivity index is 2.42. The van der Waals surface area contributed by atoms with Crippen LogP contribution in [-0.2, 0) is 13.5 Å². The minimum Gasteiger partial charge on any atom is -0.255 e. The number of nitrogens with zero attached hydrogens (tertiary/aromatic N) is 3. The van der Waals surface area contributed by atoms with Crippen LogP contribution in [0.3, 0.4) is 0 Å². The lowest BCUT2D eigenvalue weighted by molar-refractivity contribution is 0.710. The first kappa shape index (κ1) is 7.25. The van der Waals surface area contributed by atoms with Gasteiger partial charge in [0.15, 0.2) is 0 Å². The molecule has 0 aromatic carbocycles. The van der Waals surface area contributed by atoms with Gasteiger partial charge < -0.3 is 0 Å². The largest absolute Gasteiger partial charge is 0.255 e. The van der Waals surface area contributed by atoms with E-state index >= 15 is 0 Å². The Morgan fingerprint density at radius 3 is 2.90 bits per heavy atom. The van der Waals surface area contributed by atoms with Crippen LogP contribution in [-0.4, -0.2) is 15.0 Å². The molecule has 3 nitrogen and oxygen atoms in total. The average molecular weight is 139 g/mol. The number of hydrogen-bond donors (Lipinski definition) is 0. The molecule has 0 saturated heterocycles. The Morgan fingerprint density at radius 2 is 2.40 bits per heavy atom. The van der Waals surface area contributed by atoms with Crippen LogP contribution in [0.4, 0.5) is 0 Å². The van der Waals surface area contributed by atoms with E-state index in [2.05, 4.69) is 17.2 Å². The van der Waals surface area contributed by atoms with Crippen LogP contribution >= 0.6 is 0 Å². The summed E-state index contributed by atoms with van der Waals surface area (Å²) in [5.41, 5.74) is 1.10. The van der Waals surface area contributed by atoms with Crippen molar-refractivity contribution in [2.45, 2.75) is 26.2 Å². The van der Waals surface area contributed by atoms with Gasteiger partial charge in [-0.2, -0.15) is 0 Å². The molecular formula is C7H13N3. The zero-order valence-electron chi connectivity index (χ0n) is 6.54. The number of unbranched alkanes of at least 4 members (excludes halogenated alkanes) is 1. The van der Waals surface area contributed by atoms with Crippen molar-refractivity contribution in [3.8, 4) is 0 Å². The van der Waals surface area contributed by atoms with Crippen LogP contribution in [0.25, 0.3) is 0 Å². The lowest BCUT2D eigenvalue weighted by Crippen LogP contribution is -1.85. The van der Waals surface area contributed by atoms with E-state index in [0.29, 0.717) is 0 Å². The summed E-state index contributed by atoms with van der Waals surface area (Å²) in [6, 6.07) is 0. The molecule has 0 fully saturated rings. The third kappa shape index (κ3) is 1.83. The molecular weight excluding hydrogens is 126 g/mol. The van der Waals surface area contributed by atoms with Gasteiger partial charge in [0.2, 0.25) is 0 Å².